The van der Waals surface area contributed by atoms with E-state index in [2.05, 4.69) is 22.2 Å². The average molecular weight is 505 g/mol. The minimum Gasteiger partial charge on any atom is -0.365 e. The first-order valence-corrected chi connectivity index (χ1v) is 10.0. The Hall–Kier alpha value is -2.95. The molecule has 1 aliphatic rings. The predicted octanol–water partition coefficient (Wildman–Crippen LogP) is 2.38. The number of hydrogen-bond acceptors (Lipinski definition) is 6. The monoisotopic (exact) mass is 505 g/mol. The van der Waals surface area contributed by atoms with E-state index in [0.29, 0.717) is 29.4 Å². The summed E-state index contributed by atoms with van der Waals surface area (Å²) in [5.74, 6) is 0.210. The Kier molecular flexibility index (Phi) is 6.47. The van der Waals surface area contributed by atoms with E-state index in [-0.39, 0.29) is 21.3 Å². The van der Waals surface area contributed by atoms with Gasteiger partial charge in [0.05, 0.1) is 5.56 Å². The van der Waals surface area contributed by atoms with Gasteiger partial charge in [0, 0.05) is 53.0 Å². The number of primary amides is 1. The predicted molar refractivity (Wildman–Crippen MR) is 120 cm³/mol. The summed E-state index contributed by atoms with van der Waals surface area (Å²) in [6.45, 7) is 4.79. The fourth-order valence-corrected chi connectivity index (χ4v) is 3.45. The molecule has 4 N–H and O–H groups in total. The molecule has 3 rings (SSSR count). The van der Waals surface area contributed by atoms with Crippen molar-refractivity contribution in [3.63, 3.8) is 0 Å². The Balaban J connectivity index is 1.81. The van der Waals surface area contributed by atoms with Crippen molar-refractivity contribution in [3.05, 3.63) is 60.2 Å². The van der Waals surface area contributed by atoms with Crippen molar-refractivity contribution in [3.8, 4) is 0 Å². The normalized spacial score (nSPS) is 15.6. The number of benzene rings is 1. The number of carbonyl (C=O) groups excluding carboxylic acids is 3. The lowest BCUT2D eigenvalue weighted by molar-refractivity contribution is -0.117. The topological polar surface area (TPSA) is 117 Å². The maximum atomic E-state index is 11.8. The zero-order valence-corrected chi connectivity index (χ0v) is 17.7. The molecule has 0 aliphatic carbocycles. The van der Waals surface area contributed by atoms with E-state index < -0.39 is 5.91 Å². The third kappa shape index (κ3) is 5.11. The Bertz CT molecular complexity index is 961. The van der Waals surface area contributed by atoms with Crippen molar-refractivity contribution in [2.24, 2.45) is 5.73 Å². The van der Waals surface area contributed by atoms with Crippen LogP contribution >= 0.6 is 22.6 Å². The maximum absolute atomic E-state index is 11.8. The van der Waals surface area contributed by atoms with Crippen LogP contribution in [0.25, 0.3) is 0 Å². The number of nitrogens with two attached hydrogens (primary N) is 1. The van der Waals surface area contributed by atoms with Crippen LogP contribution in [0.2, 0.25) is 0 Å². The lowest BCUT2D eigenvalue weighted by Gasteiger charge is -2.20. The van der Waals surface area contributed by atoms with Crippen molar-refractivity contribution in [2.45, 2.75) is 12.5 Å². The SMILES string of the molecule is C=CC(=O)N[C@H]1CCN(c2ccc(C(N)=O)c(Nc3ccc(C(=O)I)cc3)n2)C1. The molecule has 1 aromatic heterocycles. The Morgan fingerprint density at radius 3 is 2.55 bits per heavy atom. The number of carbonyl (C=O) groups is 3. The maximum Gasteiger partial charge on any atom is 0.252 e. The number of nitrogens with one attached hydrogen (secondary N) is 2. The van der Waals surface area contributed by atoms with E-state index in [1.165, 1.54) is 6.08 Å². The van der Waals surface area contributed by atoms with Crippen LogP contribution < -0.4 is 21.3 Å². The smallest absolute Gasteiger partial charge is 0.252 e. The van der Waals surface area contributed by atoms with E-state index in [0.717, 1.165) is 13.0 Å². The second kappa shape index (κ2) is 9.03. The molecule has 29 heavy (non-hydrogen) atoms. The number of hydrogen-bond donors (Lipinski definition) is 3. The van der Waals surface area contributed by atoms with Gasteiger partial charge in [0.2, 0.25) is 9.70 Å². The van der Waals surface area contributed by atoms with E-state index in [1.807, 2.05) is 4.90 Å². The minimum atomic E-state index is -0.594. The number of nitrogens with zero attached hydrogens (tertiary/aromatic N) is 2. The molecule has 150 valence electrons. The van der Waals surface area contributed by atoms with Crippen molar-refractivity contribution >= 4 is 55.5 Å². The zero-order valence-electron chi connectivity index (χ0n) is 15.5. The number of aromatic nitrogens is 1. The number of amides is 2. The molecule has 0 unspecified atom stereocenters. The molecule has 1 atom stereocenters. The quantitative estimate of drug-likeness (QED) is 0.302. The molecule has 0 saturated carbocycles. The van der Waals surface area contributed by atoms with E-state index in [4.69, 9.17) is 5.73 Å². The first-order valence-electron chi connectivity index (χ1n) is 8.93. The highest BCUT2D eigenvalue weighted by atomic mass is 127. The fourth-order valence-electron chi connectivity index (χ4n) is 3.09. The van der Waals surface area contributed by atoms with Crippen molar-refractivity contribution in [2.75, 3.05) is 23.3 Å². The highest BCUT2D eigenvalue weighted by Gasteiger charge is 2.25. The molecule has 2 amide bonds. The summed E-state index contributed by atoms with van der Waals surface area (Å²) in [5, 5.41) is 5.98. The Morgan fingerprint density at radius 2 is 1.93 bits per heavy atom. The molecule has 0 bridgehead atoms. The van der Waals surface area contributed by atoms with Crippen molar-refractivity contribution < 1.29 is 14.4 Å². The summed E-state index contributed by atoms with van der Waals surface area (Å²) >= 11 is 1.72. The van der Waals surface area contributed by atoms with Gasteiger partial charge in [-0.1, -0.05) is 6.58 Å². The van der Waals surface area contributed by atoms with E-state index in [1.54, 1.807) is 59.0 Å². The van der Waals surface area contributed by atoms with Gasteiger partial charge in [0.25, 0.3) is 5.91 Å². The third-order valence-electron chi connectivity index (χ3n) is 4.56. The highest BCUT2D eigenvalue weighted by Crippen LogP contribution is 2.25. The second-order valence-electron chi connectivity index (χ2n) is 6.55. The molecule has 2 aromatic rings. The van der Waals surface area contributed by atoms with Crippen LogP contribution in [-0.2, 0) is 4.79 Å². The Labute approximate surface area is 181 Å². The largest absolute Gasteiger partial charge is 0.365 e. The molecule has 9 heteroatoms. The van der Waals surface area contributed by atoms with Crippen LogP contribution in [0.4, 0.5) is 17.3 Å². The lowest BCUT2D eigenvalue weighted by atomic mass is 10.2. The van der Waals surface area contributed by atoms with E-state index >= 15 is 0 Å². The molecule has 1 fully saturated rings. The van der Waals surface area contributed by atoms with Gasteiger partial charge in [-0.25, -0.2) is 4.98 Å². The number of halogens is 1. The van der Waals surface area contributed by atoms with Gasteiger partial charge in [-0.3, -0.25) is 14.4 Å². The summed E-state index contributed by atoms with van der Waals surface area (Å²) in [6, 6.07) is 10.2. The average Bonchev–Trinajstić information content (AvgIpc) is 3.16. The molecule has 1 aromatic carbocycles. The van der Waals surface area contributed by atoms with Gasteiger partial charge in [0.15, 0.2) is 0 Å². The molecule has 1 aliphatic heterocycles. The van der Waals surface area contributed by atoms with Crippen LogP contribution in [0, 0.1) is 0 Å². The first kappa shape index (κ1) is 20.8. The molecule has 1 saturated heterocycles. The summed E-state index contributed by atoms with van der Waals surface area (Å²) in [6.07, 6.45) is 2.04. The molecular weight excluding hydrogens is 485 g/mol. The number of pyridine rings is 1. The molecule has 8 nitrogen and oxygen atoms in total. The lowest BCUT2D eigenvalue weighted by Crippen LogP contribution is -2.36. The van der Waals surface area contributed by atoms with Gasteiger partial charge in [-0.2, -0.15) is 0 Å². The molecule has 0 spiro atoms. The van der Waals surface area contributed by atoms with Crippen molar-refractivity contribution in [1.29, 1.82) is 0 Å². The summed E-state index contributed by atoms with van der Waals surface area (Å²) in [5.41, 5.74) is 7.01. The van der Waals surface area contributed by atoms with Crippen LogP contribution in [0.5, 0.6) is 0 Å². The van der Waals surface area contributed by atoms with Crippen LogP contribution in [0.3, 0.4) is 0 Å². The minimum absolute atomic E-state index is 0.00730. The van der Waals surface area contributed by atoms with Crippen LogP contribution in [0.1, 0.15) is 27.1 Å². The van der Waals surface area contributed by atoms with Gasteiger partial charge < -0.3 is 21.3 Å². The third-order valence-corrected chi connectivity index (χ3v) is 5.19. The summed E-state index contributed by atoms with van der Waals surface area (Å²) in [7, 11) is 0. The number of rotatable bonds is 7. The second-order valence-corrected chi connectivity index (χ2v) is 7.53. The van der Waals surface area contributed by atoms with Gasteiger partial charge in [-0.05, 0) is 48.9 Å². The zero-order chi connectivity index (χ0) is 21.0. The molecule has 2 heterocycles. The van der Waals surface area contributed by atoms with Gasteiger partial charge in [0.1, 0.15) is 11.6 Å². The molecule has 0 radical (unpaired) electrons. The molecular formula is C20H20IN5O3. The summed E-state index contributed by atoms with van der Waals surface area (Å²) in [4.78, 5) is 41.4. The number of anilines is 3. The van der Waals surface area contributed by atoms with Gasteiger partial charge >= 0.3 is 0 Å². The van der Waals surface area contributed by atoms with Gasteiger partial charge in [-0.15, -0.1) is 0 Å². The Morgan fingerprint density at radius 1 is 1.21 bits per heavy atom. The highest BCUT2D eigenvalue weighted by molar-refractivity contribution is 14.1. The van der Waals surface area contributed by atoms with Crippen molar-refractivity contribution in [1.82, 2.24) is 10.3 Å². The fraction of sp³-hybridized carbons (Fsp3) is 0.200. The standard InChI is InChI=1S/C20H20IN5O3/c1-2-17(27)23-14-9-10-26(11-14)16-8-7-15(19(22)29)20(25-16)24-13-5-3-12(4-6-13)18(21)28/h2-8,14H,1,9-11H2,(H2,22,29)(H,23,27)(H,24,25)/t14-/m0/s1. The first-order chi connectivity index (χ1) is 13.9. The van der Waals surface area contributed by atoms with Crippen LogP contribution in [0.15, 0.2) is 49.1 Å². The van der Waals surface area contributed by atoms with E-state index in [9.17, 15) is 14.4 Å². The van der Waals surface area contributed by atoms with Crippen LogP contribution in [-0.4, -0.2) is 39.7 Å². The summed E-state index contributed by atoms with van der Waals surface area (Å²) < 4.78 is -0.0563.